The lowest BCUT2D eigenvalue weighted by molar-refractivity contribution is -0.119. The number of benzene rings is 2. The molecule has 2 heterocycles. The summed E-state index contributed by atoms with van der Waals surface area (Å²) in [5, 5.41) is 8.41. The maximum Gasteiger partial charge on any atom is 0.248 e. The number of halogens is 1. The van der Waals surface area contributed by atoms with E-state index in [-0.39, 0.29) is 5.91 Å². The number of carbonyl (C=O) groups is 1. The fourth-order valence-electron chi connectivity index (χ4n) is 3.23. The van der Waals surface area contributed by atoms with Gasteiger partial charge in [-0.3, -0.25) is 9.48 Å². The molecule has 2 aromatic carbocycles. The van der Waals surface area contributed by atoms with Crippen molar-refractivity contribution in [3.63, 3.8) is 0 Å². The summed E-state index contributed by atoms with van der Waals surface area (Å²) in [6.07, 6.45) is 0. The average molecular weight is 469 g/mol. The van der Waals surface area contributed by atoms with Crippen molar-refractivity contribution in [2.24, 2.45) is 0 Å². The Morgan fingerprint density at radius 1 is 1.14 bits per heavy atom. The molecule has 0 aliphatic heterocycles. The van der Waals surface area contributed by atoms with Crippen molar-refractivity contribution < 1.29 is 4.79 Å². The zero-order valence-corrected chi connectivity index (χ0v) is 19.1. The highest BCUT2D eigenvalue weighted by molar-refractivity contribution is 9.10. The Bertz CT molecular complexity index is 1210. The van der Waals surface area contributed by atoms with E-state index in [9.17, 15) is 4.79 Å². The van der Waals surface area contributed by atoms with E-state index in [1.807, 2.05) is 45.0 Å². The number of nitrogens with zero attached hydrogens (tertiary/aromatic N) is 3. The van der Waals surface area contributed by atoms with E-state index >= 15 is 0 Å². The lowest BCUT2D eigenvalue weighted by atomic mass is 10.2. The Hall–Kier alpha value is -2.51. The highest BCUT2D eigenvalue weighted by Gasteiger charge is 2.20. The van der Waals surface area contributed by atoms with Crippen LogP contribution in [-0.2, 0) is 4.79 Å². The molecule has 0 spiro atoms. The van der Waals surface area contributed by atoms with Gasteiger partial charge < -0.3 is 5.32 Å². The number of anilines is 1. The third kappa shape index (κ3) is 3.84. The molecule has 1 atom stereocenters. The molecule has 0 saturated heterocycles. The Kier molecular flexibility index (Phi) is 5.27. The molecule has 2 aromatic heterocycles. The number of thiazole rings is 1. The van der Waals surface area contributed by atoms with Crippen molar-refractivity contribution in [1.29, 1.82) is 0 Å². The van der Waals surface area contributed by atoms with Crippen LogP contribution in [-0.4, -0.2) is 20.7 Å². The van der Waals surface area contributed by atoms with Gasteiger partial charge >= 0.3 is 0 Å². The van der Waals surface area contributed by atoms with Crippen LogP contribution < -0.4 is 5.32 Å². The lowest BCUT2D eigenvalue weighted by Crippen LogP contribution is -2.25. The molecule has 1 N–H and O–H groups in total. The highest BCUT2D eigenvalue weighted by Crippen LogP contribution is 2.31. The van der Waals surface area contributed by atoms with E-state index in [0.29, 0.717) is 0 Å². The molecule has 0 saturated carbocycles. The van der Waals surface area contributed by atoms with E-state index in [1.54, 1.807) is 16.0 Å². The molecule has 0 aliphatic carbocycles. The fraction of sp³-hybridized carbons (Fsp3) is 0.227. The summed E-state index contributed by atoms with van der Waals surface area (Å²) in [5.41, 5.74) is 5.84. The van der Waals surface area contributed by atoms with Crippen LogP contribution in [0.15, 0.2) is 46.9 Å². The Labute approximate surface area is 181 Å². The van der Waals surface area contributed by atoms with Gasteiger partial charge in [-0.05, 0) is 85.6 Å². The molecule has 5 nitrogen and oxygen atoms in total. The van der Waals surface area contributed by atoms with E-state index < -0.39 is 6.04 Å². The molecule has 1 amide bonds. The standard InChI is InChI=1S/C22H21BrN4OS/c1-12-5-10-18-19(11-12)29-22(25-18)16-6-8-17(9-7-16)24-21(28)15(4)27-14(3)20(23)13(2)26-27/h5-11,15H,1-4H3,(H,24,28). The van der Waals surface area contributed by atoms with Gasteiger partial charge in [-0.1, -0.05) is 6.07 Å². The van der Waals surface area contributed by atoms with Gasteiger partial charge in [0.2, 0.25) is 5.91 Å². The highest BCUT2D eigenvalue weighted by atomic mass is 79.9. The topological polar surface area (TPSA) is 59.8 Å². The van der Waals surface area contributed by atoms with Crippen LogP contribution in [0, 0.1) is 20.8 Å². The first kappa shape index (κ1) is 19.8. The summed E-state index contributed by atoms with van der Waals surface area (Å²) in [6.45, 7) is 7.79. The first-order valence-corrected chi connectivity index (χ1v) is 10.9. The zero-order chi connectivity index (χ0) is 20.7. The lowest BCUT2D eigenvalue weighted by Gasteiger charge is -2.14. The number of fused-ring (bicyclic) bond motifs is 1. The van der Waals surface area contributed by atoms with E-state index in [1.165, 1.54) is 10.3 Å². The van der Waals surface area contributed by atoms with Crippen LogP contribution in [0.3, 0.4) is 0 Å². The quantitative estimate of drug-likeness (QED) is 0.396. The molecule has 0 radical (unpaired) electrons. The minimum atomic E-state index is -0.410. The molecule has 4 rings (SSSR count). The molecular weight excluding hydrogens is 448 g/mol. The molecule has 4 aromatic rings. The van der Waals surface area contributed by atoms with Crippen LogP contribution in [0.25, 0.3) is 20.8 Å². The average Bonchev–Trinajstić information content (AvgIpc) is 3.24. The van der Waals surface area contributed by atoms with Crippen LogP contribution >= 0.6 is 27.3 Å². The van der Waals surface area contributed by atoms with Crippen LogP contribution in [0.2, 0.25) is 0 Å². The zero-order valence-electron chi connectivity index (χ0n) is 16.7. The predicted molar refractivity (Wildman–Crippen MR) is 123 cm³/mol. The van der Waals surface area contributed by atoms with Crippen molar-refractivity contribution in [2.75, 3.05) is 5.32 Å². The third-order valence-electron chi connectivity index (χ3n) is 4.93. The van der Waals surface area contributed by atoms with Gasteiger partial charge in [0.1, 0.15) is 11.0 Å². The summed E-state index contributed by atoms with van der Waals surface area (Å²) in [5.74, 6) is -0.105. The first-order chi connectivity index (χ1) is 13.8. The first-order valence-electron chi connectivity index (χ1n) is 9.33. The largest absolute Gasteiger partial charge is 0.324 e. The number of aromatic nitrogens is 3. The second-order valence-corrected chi connectivity index (χ2v) is 8.99. The van der Waals surface area contributed by atoms with Crippen molar-refractivity contribution in [1.82, 2.24) is 14.8 Å². The molecule has 0 fully saturated rings. The number of hydrogen-bond acceptors (Lipinski definition) is 4. The number of amides is 1. The van der Waals surface area contributed by atoms with Crippen molar-refractivity contribution >= 4 is 49.1 Å². The number of carbonyl (C=O) groups excluding carboxylic acids is 1. The van der Waals surface area contributed by atoms with Gasteiger partial charge in [0.05, 0.1) is 26.1 Å². The molecule has 0 aliphatic rings. The second-order valence-electron chi connectivity index (χ2n) is 7.16. The van der Waals surface area contributed by atoms with Gasteiger partial charge in [-0.15, -0.1) is 11.3 Å². The number of rotatable bonds is 4. The second kappa shape index (κ2) is 7.72. The molecule has 29 heavy (non-hydrogen) atoms. The van der Waals surface area contributed by atoms with Gasteiger partial charge in [0, 0.05) is 11.3 Å². The van der Waals surface area contributed by atoms with Crippen LogP contribution in [0.4, 0.5) is 5.69 Å². The number of hydrogen-bond donors (Lipinski definition) is 1. The number of aryl methyl sites for hydroxylation is 2. The molecule has 148 valence electrons. The SMILES string of the molecule is Cc1ccc2nc(-c3ccc(NC(=O)C(C)n4nc(C)c(Br)c4C)cc3)sc2c1. The maximum absolute atomic E-state index is 12.7. The fourth-order valence-corrected chi connectivity index (χ4v) is 4.56. The van der Waals surface area contributed by atoms with E-state index in [2.05, 4.69) is 51.5 Å². The van der Waals surface area contributed by atoms with Crippen LogP contribution in [0.5, 0.6) is 0 Å². The van der Waals surface area contributed by atoms with Crippen molar-refractivity contribution in [3.8, 4) is 10.6 Å². The van der Waals surface area contributed by atoms with Crippen molar-refractivity contribution in [2.45, 2.75) is 33.7 Å². The van der Waals surface area contributed by atoms with E-state index in [0.717, 1.165) is 37.6 Å². The van der Waals surface area contributed by atoms with Gasteiger partial charge in [0.25, 0.3) is 0 Å². The van der Waals surface area contributed by atoms with Gasteiger partial charge in [-0.25, -0.2) is 4.98 Å². The Morgan fingerprint density at radius 3 is 2.52 bits per heavy atom. The summed E-state index contributed by atoms with van der Waals surface area (Å²) in [6, 6.07) is 13.7. The summed E-state index contributed by atoms with van der Waals surface area (Å²) < 4.78 is 3.86. The minimum Gasteiger partial charge on any atom is -0.324 e. The normalized spacial score (nSPS) is 12.3. The van der Waals surface area contributed by atoms with Crippen molar-refractivity contribution in [3.05, 3.63) is 63.9 Å². The van der Waals surface area contributed by atoms with Gasteiger partial charge in [-0.2, -0.15) is 5.10 Å². The predicted octanol–water partition coefficient (Wildman–Crippen LogP) is 6.05. The summed E-state index contributed by atoms with van der Waals surface area (Å²) >= 11 is 5.19. The molecule has 7 heteroatoms. The summed E-state index contributed by atoms with van der Waals surface area (Å²) in [7, 11) is 0. The molecule has 1 unspecified atom stereocenters. The molecule has 0 bridgehead atoms. The summed E-state index contributed by atoms with van der Waals surface area (Å²) in [4.78, 5) is 17.4. The Morgan fingerprint density at radius 2 is 1.86 bits per heavy atom. The minimum absolute atomic E-state index is 0.105. The van der Waals surface area contributed by atoms with E-state index in [4.69, 9.17) is 4.98 Å². The molecular formula is C22H21BrN4OS. The maximum atomic E-state index is 12.7. The monoisotopic (exact) mass is 468 g/mol. The number of nitrogens with one attached hydrogen (secondary N) is 1. The smallest absolute Gasteiger partial charge is 0.248 e. The third-order valence-corrected chi connectivity index (χ3v) is 7.14. The van der Waals surface area contributed by atoms with Crippen LogP contribution in [0.1, 0.15) is 29.9 Å². The van der Waals surface area contributed by atoms with Gasteiger partial charge in [0.15, 0.2) is 0 Å². The Balaban J connectivity index is 1.51.